The van der Waals surface area contributed by atoms with E-state index in [1.807, 2.05) is 30.3 Å². The van der Waals surface area contributed by atoms with Crippen LogP contribution in [0.4, 0.5) is 11.5 Å². The van der Waals surface area contributed by atoms with Crippen molar-refractivity contribution < 1.29 is 9.63 Å². The molecule has 0 radical (unpaired) electrons. The Hall–Kier alpha value is -3.09. The van der Waals surface area contributed by atoms with Crippen molar-refractivity contribution in [3.63, 3.8) is 0 Å². The molecule has 1 aliphatic rings. The molecule has 0 unspecified atom stereocenters. The van der Waals surface area contributed by atoms with Gasteiger partial charge < -0.3 is 20.8 Å². The lowest BCUT2D eigenvalue weighted by Crippen LogP contribution is -2.30. The average molecular weight is 438 g/mol. The Morgan fingerprint density at radius 1 is 1.09 bits per heavy atom. The first-order chi connectivity index (χ1) is 15.4. The van der Waals surface area contributed by atoms with E-state index < -0.39 is 0 Å². The quantitative estimate of drug-likeness (QED) is 0.358. The molecule has 3 rings (SSSR count). The number of anilines is 2. The maximum absolute atomic E-state index is 12.5. The van der Waals surface area contributed by atoms with Gasteiger partial charge in [0.2, 0.25) is 0 Å². The fourth-order valence-corrected chi connectivity index (χ4v) is 3.93. The third kappa shape index (κ3) is 5.99. The summed E-state index contributed by atoms with van der Waals surface area (Å²) in [6, 6.07) is 9.96. The fraction of sp³-hybridized carbons (Fsp3) is 0.480. The molecule has 172 valence electrons. The van der Waals surface area contributed by atoms with Crippen LogP contribution in [0.3, 0.4) is 0 Å². The summed E-state index contributed by atoms with van der Waals surface area (Å²) in [5.74, 6) is 1.46. The Kier molecular flexibility index (Phi) is 8.09. The van der Waals surface area contributed by atoms with Gasteiger partial charge in [0.05, 0.1) is 0 Å². The largest absolute Gasteiger partial charge is 0.384 e. The summed E-state index contributed by atoms with van der Waals surface area (Å²) in [7, 11) is 0. The highest BCUT2D eigenvalue weighted by Crippen LogP contribution is 2.32. The summed E-state index contributed by atoms with van der Waals surface area (Å²) in [5.41, 5.74) is 9.76. The lowest BCUT2D eigenvalue weighted by atomic mass is 9.92. The number of rotatable bonds is 8. The average Bonchev–Trinajstić information content (AvgIpc) is 2.79. The van der Waals surface area contributed by atoms with Crippen molar-refractivity contribution >= 4 is 23.2 Å². The van der Waals surface area contributed by atoms with Crippen LogP contribution in [0.2, 0.25) is 0 Å². The second-order valence-corrected chi connectivity index (χ2v) is 8.87. The highest BCUT2D eigenvalue weighted by molar-refractivity contribution is 5.97. The molecule has 0 spiro atoms. The number of carbonyl (C=O) groups is 1. The Bertz CT molecular complexity index is 906. The first-order valence-electron chi connectivity index (χ1n) is 11.5. The molecular weight excluding hydrogens is 402 g/mol. The zero-order valence-electron chi connectivity index (χ0n) is 19.6. The molecule has 2 aromatic rings. The van der Waals surface area contributed by atoms with Gasteiger partial charge >= 0.3 is 0 Å². The van der Waals surface area contributed by atoms with Crippen molar-refractivity contribution in [2.24, 2.45) is 10.9 Å². The number of hydrogen-bond acceptors (Lipinski definition) is 5. The summed E-state index contributed by atoms with van der Waals surface area (Å²) >= 11 is 0. The van der Waals surface area contributed by atoms with Crippen LogP contribution >= 0.6 is 0 Å². The van der Waals surface area contributed by atoms with Crippen molar-refractivity contribution in [3.05, 3.63) is 53.2 Å². The van der Waals surface area contributed by atoms with Crippen LogP contribution in [0.15, 0.2) is 41.7 Å². The number of nitrogens with zero attached hydrogens (tertiary/aromatic N) is 3. The molecular formula is C25H35N5O2. The van der Waals surface area contributed by atoms with Crippen LogP contribution in [-0.4, -0.2) is 36.4 Å². The zero-order valence-corrected chi connectivity index (χ0v) is 19.6. The van der Waals surface area contributed by atoms with Gasteiger partial charge in [-0.2, -0.15) is 0 Å². The summed E-state index contributed by atoms with van der Waals surface area (Å²) in [5, 5.41) is 6.92. The lowest BCUT2D eigenvalue weighted by molar-refractivity contribution is -0.120. The maximum atomic E-state index is 12.5. The Labute approximate surface area is 191 Å². The molecule has 0 atom stereocenters. The monoisotopic (exact) mass is 437 g/mol. The third-order valence-electron chi connectivity index (χ3n) is 5.72. The smallest absolute Gasteiger partial charge is 0.265 e. The molecule has 0 bridgehead atoms. The van der Waals surface area contributed by atoms with Gasteiger partial charge in [0.15, 0.2) is 12.4 Å². The van der Waals surface area contributed by atoms with Crippen molar-refractivity contribution in [1.29, 1.82) is 0 Å². The van der Waals surface area contributed by atoms with E-state index in [4.69, 9.17) is 10.6 Å². The second kappa shape index (κ2) is 11.0. The van der Waals surface area contributed by atoms with Gasteiger partial charge in [0.1, 0.15) is 5.82 Å². The minimum absolute atomic E-state index is 0.195. The molecule has 1 fully saturated rings. The van der Waals surface area contributed by atoms with Crippen molar-refractivity contribution in [2.75, 3.05) is 29.9 Å². The molecule has 3 N–H and O–H groups in total. The van der Waals surface area contributed by atoms with Crippen LogP contribution in [0.25, 0.3) is 0 Å². The Morgan fingerprint density at radius 2 is 1.75 bits per heavy atom. The van der Waals surface area contributed by atoms with Crippen LogP contribution in [0.1, 0.15) is 75.5 Å². The van der Waals surface area contributed by atoms with Crippen LogP contribution < -0.4 is 16.0 Å². The first kappa shape index (κ1) is 23.6. The van der Waals surface area contributed by atoms with Crippen LogP contribution in [0.5, 0.6) is 0 Å². The van der Waals surface area contributed by atoms with Gasteiger partial charge in [-0.25, -0.2) is 4.98 Å². The Balaban J connectivity index is 1.59. The number of hydrogen-bond donors (Lipinski definition) is 2. The number of amidine groups is 1. The van der Waals surface area contributed by atoms with E-state index in [0.29, 0.717) is 17.4 Å². The predicted molar refractivity (Wildman–Crippen MR) is 130 cm³/mol. The molecule has 2 heterocycles. The Morgan fingerprint density at radius 3 is 2.31 bits per heavy atom. The summed E-state index contributed by atoms with van der Waals surface area (Å²) < 4.78 is 0. The summed E-state index contributed by atoms with van der Waals surface area (Å²) in [6.07, 6.45) is 5.37. The predicted octanol–water partition coefficient (Wildman–Crippen LogP) is 4.59. The van der Waals surface area contributed by atoms with E-state index >= 15 is 0 Å². The minimum Gasteiger partial charge on any atom is -0.384 e. The van der Waals surface area contributed by atoms with Crippen LogP contribution in [-0.2, 0) is 9.63 Å². The number of amides is 1. The standard InChI is InChI=1S/C25H35N5O2/c1-17(2)20-9-8-10-21(18(3)4)24(20)28-23(31)16-32-29-25(26)19-11-12-22(27-15-19)30-13-6-5-7-14-30/h8-12,15,17-18H,5-7,13-14,16H2,1-4H3,(H2,26,29)(H,28,31). The molecule has 1 saturated heterocycles. The van der Waals surface area contributed by atoms with E-state index in [9.17, 15) is 4.79 Å². The van der Waals surface area contributed by atoms with Gasteiger partial charge in [0, 0.05) is 30.5 Å². The highest BCUT2D eigenvalue weighted by Gasteiger charge is 2.16. The topological polar surface area (TPSA) is 92.8 Å². The molecule has 1 aromatic carbocycles. The number of piperidine rings is 1. The van der Waals surface area contributed by atoms with E-state index in [1.165, 1.54) is 19.3 Å². The van der Waals surface area contributed by atoms with Crippen molar-refractivity contribution in [3.8, 4) is 0 Å². The molecule has 7 nitrogen and oxygen atoms in total. The zero-order chi connectivity index (χ0) is 23.1. The number of aromatic nitrogens is 1. The highest BCUT2D eigenvalue weighted by atomic mass is 16.6. The van der Waals surface area contributed by atoms with E-state index in [2.05, 4.69) is 48.1 Å². The van der Waals surface area contributed by atoms with E-state index in [-0.39, 0.29) is 18.3 Å². The molecule has 1 aromatic heterocycles. The number of oxime groups is 1. The normalized spacial score (nSPS) is 14.7. The van der Waals surface area contributed by atoms with Gasteiger partial charge in [-0.1, -0.05) is 51.0 Å². The number of nitrogens with two attached hydrogens (primary N) is 1. The molecule has 0 saturated carbocycles. The van der Waals surface area contributed by atoms with Gasteiger partial charge in [-0.3, -0.25) is 4.79 Å². The van der Waals surface area contributed by atoms with Gasteiger partial charge in [-0.15, -0.1) is 0 Å². The third-order valence-corrected chi connectivity index (χ3v) is 5.72. The fourth-order valence-electron chi connectivity index (χ4n) is 3.93. The summed E-state index contributed by atoms with van der Waals surface area (Å²) in [4.78, 5) is 24.6. The number of carbonyl (C=O) groups excluding carboxylic acids is 1. The number of para-hydroxylation sites is 1. The maximum Gasteiger partial charge on any atom is 0.265 e. The van der Waals surface area contributed by atoms with Crippen molar-refractivity contribution in [2.45, 2.75) is 58.8 Å². The summed E-state index contributed by atoms with van der Waals surface area (Å²) in [6.45, 7) is 10.3. The van der Waals surface area contributed by atoms with Gasteiger partial charge in [-0.05, 0) is 54.4 Å². The molecule has 1 aliphatic heterocycles. The lowest BCUT2D eigenvalue weighted by Gasteiger charge is -2.27. The second-order valence-electron chi connectivity index (χ2n) is 8.87. The first-order valence-corrected chi connectivity index (χ1v) is 11.5. The molecule has 0 aliphatic carbocycles. The van der Waals surface area contributed by atoms with E-state index in [1.54, 1.807) is 6.20 Å². The van der Waals surface area contributed by atoms with Crippen molar-refractivity contribution in [1.82, 2.24) is 4.98 Å². The molecule has 7 heteroatoms. The molecule has 32 heavy (non-hydrogen) atoms. The molecule has 1 amide bonds. The number of benzene rings is 1. The minimum atomic E-state index is -0.268. The number of nitrogens with one attached hydrogen (secondary N) is 1. The number of pyridine rings is 1. The van der Waals surface area contributed by atoms with E-state index in [0.717, 1.165) is 35.7 Å². The van der Waals surface area contributed by atoms with Crippen LogP contribution in [0, 0.1) is 0 Å². The SMILES string of the molecule is CC(C)c1cccc(C(C)C)c1NC(=O)CO/N=C(/N)c1ccc(N2CCCCC2)nc1. The van der Waals surface area contributed by atoms with Gasteiger partial charge in [0.25, 0.3) is 5.91 Å².